The van der Waals surface area contributed by atoms with Crippen LogP contribution in [-0.2, 0) is 16.6 Å². The molecule has 0 aliphatic carbocycles. The van der Waals surface area contributed by atoms with E-state index in [1.807, 2.05) is 6.07 Å². The number of rotatable bonds is 4. The highest BCUT2D eigenvalue weighted by atomic mass is 35.5. The molecule has 0 heterocycles. The minimum Gasteiger partial charge on any atom is -0.508 e. The van der Waals surface area contributed by atoms with Crippen LogP contribution in [0.5, 0.6) is 5.75 Å². The molecule has 2 aromatic carbocycles. The van der Waals surface area contributed by atoms with Crippen molar-refractivity contribution in [1.82, 2.24) is 4.72 Å². The average molecular weight is 323 g/mol. The van der Waals surface area contributed by atoms with Crippen molar-refractivity contribution in [1.29, 1.82) is 5.26 Å². The summed E-state index contributed by atoms with van der Waals surface area (Å²) in [6.07, 6.45) is 0. The molecule has 0 aliphatic heterocycles. The van der Waals surface area contributed by atoms with Crippen LogP contribution in [0.2, 0.25) is 5.02 Å². The second kappa shape index (κ2) is 6.14. The van der Waals surface area contributed by atoms with Crippen molar-refractivity contribution in [2.75, 3.05) is 0 Å². The van der Waals surface area contributed by atoms with Gasteiger partial charge in [-0.2, -0.15) is 5.26 Å². The summed E-state index contributed by atoms with van der Waals surface area (Å²) in [6, 6.07) is 12.0. The summed E-state index contributed by atoms with van der Waals surface area (Å²) in [5.74, 6) is 0.103. The van der Waals surface area contributed by atoms with E-state index in [0.717, 1.165) is 0 Å². The molecule has 21 heavy (non-hydrogen) atoms. The fourth-order valence-corrected chi connectivity index (χ4v) is 3.19. The van der Waals surface area contributed by atoms with Crippen LogP contribution in [0.15, 0.2) is 47.4 Å². The molecule has 2 N–H and O–H groups in total. The lowest BCUT2D eigenvalue weighted by Crippen LogP contribution is -2.23. The van der Waals surface area contributed by atoms with Crippen molar-refractivity contribution in [2.24, 2.45) is 0 Å². The first-order valence-corrected chi connectivity index (χ1v) is 7.76. The Morgan fingerprint density at radius 3 is 2.48 bits per heavy atom. The monoisotopic (exact) mass is 322 g/mol. The van der Waals surface area contributed by atoms with E-state index in [1.54, 1.807) is 12.1 Å². The van der Waals surface area contributed by atoms with Gasteiger partial charge in [-0.25, -0.2) is 13.1 Å². The Labute approximate surface area is 127 Å². The Hall–Kier alpha value is -2.07. The molecule has 5 nitrogen and oxygen atoms in total. The minimum atomic E-state index is -3.83. The molecular formula is C14H11ClN2O3S. The summed E-state index contributed by atoms with van der Waals surface area (Å²) in [6.45, 7) is 0.0513. The zero-order valence-corrected chi connectivity index (χ0v) is 12.3. The lowest BCUT2D eigenvalue weighted by molar-refractivity contribution is 0.475. The van der Waals surface area contributed by atoms with E-state index < -0.39 is 10.0 Å². The van der Waals surface area contributed by atoms with E-state index in [9.17, 15) is 13.5 Å². The van der Waals surface area contributed by atoms with Gasteiger partial charge < -0.3 is 5.11 Å². The molecule has 0 radical (unpaired) electrons. The highest BCUT2D eigenvalue weighted by molar-refractivity contribution is 7.89. The quantitative estimate of drug-likeness (QED) is 0.904. The topological polar surface area (TPSA) is 90.2 Å². The summed E-state index contributed by atoms with van der Waals surface area (Å²) in [5, 5.41) is 18.0. The van der Waals surface area contributed by atoms with Gasteiger partial charge in [-0.05, 0) is 35.9 Å². The Morgan fingerprint density at radius 1 is 1.19 bits per heavy atom. The number of phenols is 1. The third kappa shape index (κ3) is 3.73. The lowest BCUT2D eigenvalue weighted by atomic mass is 10.2. The molecule has 2 aromatic rings. The van der Waals surface area contributed by atoms with Gasteiger partial charge in [0.25, 0.3) is 0 Å². The van der Waals surface area contributed by atoms with Crippen LogP contribution in [0.4, 0.5) is 0 Å². The molecule has 0 atom stereocenters. The second-order valence-corrected chi connectivity index (χ2v) is 6.39. The average Bonchev–Trinajstić information content (AvgIpc) is 2.47. The molecule has 0 saturated carbocycles. The van der Waals surface area contributed by atoms with Crippen LogP contribution >= 0.6 is 11.6 Å². The van der Waals surface area contributed by atoms with Crippen LogP contribution in [0, 0.1) is 11.3 Å². The molecule has 0 unspecified atom stereocenters. The molecule has 7 heteroatoms. The van der Waals surface area contributed by atoms with Gasteiger partial charge in [0.1, 0.15) is 10.6 Å². The van der Waals surface area contributed by atoms with Gasteiger partial charge in [-0.3, -0.25) is 0 Å². The van der Waals surface area contributed by atoms with E-state index in [1.165, 1.54) is 30.3 Å². The highest BCUT2D eigenvalue weighted by Crippen LogP contribution is 2.22. The molecule has 0 saturated heterocycles. The maximum Gasteiger partial charge on any atom is 0.242 e. The van der Waals surface area contributed by atoms with Crippen LogP contribution < -0.4 is 4.72 Å². The third-order valence-corrected chi connectivity index (χ3v) is 4.64. The van der Waals surface area contributed by atoms with Gasteiger partial charge in [0.05, 0.1) is 16.7 Å². The predicted octanol–water partition coefficient (Wildman–Crippen LogP) is 2.40. The van der Waals surface area contributed by atoms with Crippen molar-refractivity contribution < 1.29 is 13.5 Å². The summed E-state index contributed by atoms with van der Waals surface area (Å²) in [4.78, 5) is -0.137. The maximum absolute atomic E-state index is 12.2. The summed E-state index contributed by atoms with van der Waals surface area (Å²) >= 11 is 5.88. The fraction of sp³-hybridized carbons (Fsp3) is 0.0714. The van der Waals surface area contributed by atoms with E-state index in [4.69, 9.17) is 16.9 Å². The van der Waals surface area contributed by atoms with E-state index in [-0.39, 0.29) is 27.8 Å². The number of halogens is 1. The first-order chi connectivity index (χ1) is 9.92. The van der Waals surface area contributed by atoms with E-state index in [0.29, 0.717) is 5.56 Å². The summed E-state index contributed by atoms with van der Waals surface area (Å²) in [5.41, 5.74) is 0.897. The summed E-state index contributed by atoms with van der Waals surface area (Å²) < 4.78 is 26.8. The van der Waals surface area contributed by atoms with Gasteiger partial charge in [-0.15, -0.1) is 0 Å². The molecular weight excluding hydrogens is 312 g/mol. The van der Waals surface area contributed by atoms with Crippen molar-refractivity contribution in [3.63, 3.8) is 0 Å². The first kappa shape index (κ1) is 15.3. The smallest absolute Gasteiger partial charge is 0.242 e. The standard InChI is InChI=1S/C14H11ClN2O3S/c15-13-6-3-11(8-16)7-14(13)21(19,20)17-9-10-1-4-12(18)5-2-10/h1-7,17-18H,9H2. The van der Waals surface area contributed by atoms with Crippen LogP contribution in [0.3, 0.4) is 0 Å². The van der Waals surface area contributed by atoms with Crippen molar-refractivity contribution in [2.45, 2.75) is 11.4 Å². The predicted molar refractivity (Wildman–Crippen MR) is 78.3 cm³/mol. The fourth-order valence-electron chi connectivity index (χ4n) is 1.65. The van der Waals surface area contributed by atoms with Gasteiger partial charge in [0.15, 0.2) is 0 Å². The van der Waals surface area contributed by atoms with Crippen molar-refractivity contribution in [3.8, 4) is 11.8 Å². The minimum absolute atomic E-state index is 0.0483. The number of nitrogens with one attached hydrogen (secondary N) is 1. The zero-order valence-electron chi connectivity index (χ0n) is 10.7. The molecule has 0 aliphatic rings. The molecule has 0 spiro atoms. The highest BCUT2D eigenvalue weighted by Gasteiger charge is 2.18. The molecule has 0 aromatic heterocycles. The molecule has 0 amide bonds. The number of benzene rings is 2. The number of hydrogen-bond acceptors (Lipinski definition) is 4. The molecule has 108 valence electrons. The largest absolute Gasteiger partial charge is 0.508 e. The Morgan fingerprint density at radius 2 is 1.86 bits per heavy atom. The number of aromatic hydroxyl groups is 1. The van der Waals surface area contributed by atoms with Gasteiger partial charge in [-0.1, -0.05) is 23.7 Å². The summed E-state index contributed by atoms with van der Waals surface area (Å²) in [7, 11) is -3.83. The Balaban J connectivity index is 2.23. The Bertz CT molecular complexity index is 796. The number of nitriles is 1. The van der Waals surface area contributed by atoms with Crippen molar-refractivity contribution in [3.05, 3.63) is 58.6 Å². The van der Waals surface area contributed by atoms with Crippen molar-refractivity contribution >= 4 is 21.6 Å². The van der Waals surface area contributed by atoms with Crippen LogP contribution in [-0.4, -0.2) is 13.5 Å². The molecule has 0 fully saturated rings. The Kier molecular flexibility index (Phi) is 4.48. The number of phenolic OH excluding ortho intramolecular Hbond substituents is 1. The third-order valence-electron chi connectivity index (χ3n) is 2.75. The van der Waals surface area contributed by atoms with E-state index >= 15 is 0 Å². The number of hydrogen-bond donors (Lipinski definition) is 2. The number of sulfonamides is 1. The van der Waals surface area contributed by atoms with Gasteiger partial charge in [0.2, 0.25) is 10.0 Å². The zero-order chi connectivity index (χ0) is 15.5. The first-order valence-electron chi connectivity index (χ1n) is 5.89. The molecule has 0 bridgehead atoms. The number of nitrogens with zero attached hydrogens (tertiary/aromatic N) is 1. The molecule has 2 rings (SSSR count). The SMILES string of the molecule is N#Cc1ccc(Cl)c(S(=O)(=O)NCc2ccc(O)cc2)c1. The second-order valence-electron chi connectivity index (χ2n) is 4.25. The van der Waals surface area contributed by atoms with Gasteiger partial charge in [0, 0.05) is 6.54 Å². The van der Waals surface area contributed by atoms with Gasteiger partial charge >= 0.3 is 0 Å². The normalized spacial score (nSPS) is 11.0. The maximum atomic E-state index is 12.2. The lowest BCUT2D eigenvalue weighted by Gasteiger charge is -2.09. The van der Waals surface area contributed by atoms with Crippen LogP contribution in [0.25, 0.3) is 0 Å². The van der Waals surface area contributed by atoms with E-state index in [2.05, 4.69) is 4.72 Å². The van der Waals surface area contributed by atoms with Crippen LogP contribution in [0.1, 0.15) is 11.1 Å².